The lowest BCUT2D eigenvalue weighted by Crippen LogP contribution is -2.44. The van der Waals surface area contributed by atoms with Crippen LogP contribution in [-0.4, -0.2) is 99.8 Å². The van der Waals surface area contributed by atoms with Crippen molar-refractivity contribution >= 4 is 5.96 Å². The number of aliphatic imine (C=N–C) groups is 1. The average molecular weight is 417 g/mol. The molecule has 2 saturated heterocycles. The Bertz CT molecular complexity index is 629. The molecular weight excluding hydrogens is 376 g/mol. The predicted octanol–water partition coefficient (Wildman–Crippen LogP) is 1.21. The molecular formula is C23H40N6O. The summed E-state index contributed by atoms with van der Waals surface area (Å²) in [6, 6.07) is 8.97. The molecule has 0 spiro atoms. The molecule has 0 unspecified atom stereocenters. The summed E-state index contributed by atoms with van der Waals surface area (Å²) in [6.07, 6.45) is 1.26. The molecule has 0 aliphatic carbocycles. The van der Waals surface area contributed by atoms with Crippen molar-refractivity contribution < 1.29 is 4.74 Å². The van der Waals surface area contributed by atoms with Gasteiger partial charge in [-0.15, -0.1) is 0 Å². The van der Waals surface area contributed by atoms with Crippen LogP contribution < -0.4 is 10.6 Å². The van der Waals surface area contributed by atoms with E-state index in [0.29, 0.717) is 6.54 Å². The highest BCUT2D eigenvalue weighted by molar-refractivity contribution is 5.79. The number of benzene rings is 1. The van der Waals surface area contributed by atoms with E-state index in [4.69, 9.17) is 9.73 Å². The minimum Gasteiger partial charge on any atom is -0.379 e. The fourth-order valence-electron chi connectivity index (χ4n) is 3.94. The van der Waals surface area contributed by atoms with E-state index in [1.54, 1.807) is 0 Å². The Hall–Kier alpha value is -1.67. The summed E-state index contributed by atoms with van der Waals surface area (Å²) < 4.78 is 5.41. The molecule has 7 heteroatoms. The van der Waals surface area contributed by atoms with Crippen LogP contribution in [0.1, 0.15) is 24.5 Å². The topological polar surface area (TPSA) is 55.4 Å². The van der Waals surface area contributed by atoms with Crippen LogP contribution in [0.3, 0.4) is 0 Å². The van der Waals surface area contributed by atoms with Crippen molar-refractivity contribution in [3.05, 3.63) is 35.4 Å². The van der Waals surface area contributed by atoms with Crippen molar-refractivity contribution in [2.45, 2.75) is 26.4 Å². The van der Waals surface area contributed by atoms with Crippen LogP contribution in [0.25, 0.3) is 0 Å². The number of rotatable bonds is 8. The maximum atomic E-state index is 5.41. The van der Waals surface area contributed by atoms with Gasteiger partial charge in [0.15, 0.2) is 5.96 Å². The second kappa shape index (κ2) is 12.9. The van der Waals surface area contributed by atoms with Crippen molar-refractivity contribution in [1.29, 1.82) is 0 Å². The van der Waals surface area contributed by atoms with E-state index in [-0.39, 0.29) is 0 Å². The number of guanidine groups is 1. The number of morpholine rings is 1. The van der Waals surface area contributed by atoms with Gasteiger partial charge >= 0.3 is 0 Å². The molecule has 2 fully saturated rings. The number of likely N-dealkylation sites (N-methyl/N-ethyl adjacent to an activating group) is 1. The lowest BCUT2D eigenvalue weighted by Gasteiger charge is -2.26. The summed E-state index contributed by atoms with van der Waals surface area (Å²) in [5.74, 6) is 0.892. The molecule has 0 radical (unpaired) electrons. The van der Waals surface area contributed by atoms with Crippen molar-refractivity contribution in [2.75, 3.05) is 79.2 Å². The Morgan fingerprint density at radius 2 is 1.70 bits per heavy atom. The van der Waals surface area contributed by atoms with Crippen molar-refractivity contribution in [1.82, 2.24) is 25.3 Å². The Morgan fingerprint density at radius 1 is 0.933 bits per heavy atom. The van der Waals surface area contributed by atoms with E-state index < -0.39 is 0 Å². The molecule has 3 rings (SSSR count). The molecule has 1 aromatic rings. The minimum atomic E-state index is 0.696. The zero-order valence-electron chi connectivity index (χ0n) is 18.9. The third-order valence-electron chi connectivity index (χ3n) is 5.83. The van der Waals surface area contributed by atoms with E-state index in [1.165, 1.54) is 37.2 Å². The number of hydrogen-bond donors (Lipinski definition) is 2. The third-order valence-corrected chi connectivity index (χ3v) is 5.83. The van der Waals surface area contributed by atoms with Crippen molar-refractivity contribution in [2.24, 2.45) is 4.99 Å². The van der Waals surface area contributed by atoms with E-state index in [2.05, 4.69) is 63.6 Å². The van der Waals surface area contributed by atoms with Crippen LogP contribution >= 0.6 is 0 Å². The highest BCUT2D eigenvalue weighted by Crippen LogP contribution is 2.11. The first-order valence-corrected chi connectivity index (χ1v) is 11.5. The zero-order chi connectivity index (χ0) is 21.0. The van der Waals surface area contributed by atoms with Gasteiger partial charge in [0.05, 0.1) is 19.8 Å². The second-order valence-corrected chi connectivity index (χ2v) is 8.33. The summed E-state index contributed by atoms with van der Waals surface area (Å²) in [7, 11) is 2.22. The second-order valence-electron chi connectivity index (χ2n) is 8.33. The summed E-state index contributed by atoms with van der Waals surface area (Å²) in [6.45, 7) is 15.1. The Balaban J connectivity index is 1.44. The fraction of sp³-hybridized carbons (Fsp3) is 0.696. The van der Waals surface area contributed by atoms with Crippen molar-refractivity contribution in [3.63, 3.8) is 0 Å². The molecule has 2 aliphatic rings. The first kappa shape index (κ1) is 23.0. The zero-order valence-corrected chi connectivity index (χ0v) is 18.9. The maximum absolute atomic E-state index is 5.41. The normalized spacial score (nSPS) is 20.1. The highest BCUT2D eigenvalue weighted by Gasteiger charge is 2.12. The quantitative estimate of drug-likeness (QED) is 0.491. The Morgan fingerprint density at radius 3 is 2.47 bits per heavy atom. The lowest BCUT2D eigenvalue weighted by atomic mass is 10.1. The highest BCUT2D eigenvalue weighted by atomic mass is 16.5. The molecule has 0 atom stereocenters. The Kier molecular flexibility index (Phi) is 9.89. The number of ether oxygens (including phenoxy) is 1. The molecule has 0 saturated carbocycles. The van der Waals surface area contributed by atoms with Crippen LogP contribution in [0.2, 0.25) is 0 Å². The minimum absolute atomic E-state index is 0.696. The van der Waals surface area contributed by atoms with Gasteiger partial charge in [0.25, 0.3) is 0 Å². The molecule has 2 heterocycles. The first-order valence-electron chi connectivity index (χ1n) is 11.5. The summed E-state index contributed by atoms with van der Waals surface area (Å²) in [5, 5.41) is 6.81. The van der Waals surface area contributed by atoms with Gasteiger partial charge in [-0.3, -0.25) is 9.80 Å². The van der Waals surface area contributed by atoms with Crippen LogP contribution in [0, 0.1) is 0 Å². The van der Waals surface area contributed by atoms with Gasteiger partial charge in [-0.05, 0) is 44.6 Å². The third kappa shape index (κ3) is 8.22. The van der Waals surface area contributed by atoms with E-state index in [9.17, 15) is 0 Å². The van der Waals surface area contributed by atoms with Gasteiger partial charge in [-0.2, -0.15) is 0 Å². The molecule has 0 amide bonds. The molecule has 1 aromatic carbocycles. The summed E-state index contributed by atoms with van der Waals surface area (Å²) in [5.41, 5.74) is 2.64. The molecule has 0 aromatic heterocycles. The van der Waals surface area contributed by atoms with Gasteiger partial charge in [-0.25, -0.2) is 4.99 Å². The van der Waals surface area contributed by atoms with E-state index in [1.807, 2.05) is 0 Å². The Labute approximate surface area is 182 Å². The van der Waals surface area contributed by atoms with Gasteiger partial charge in [0, 0.05) is 52.4 Å². The standard InChI is InChI=1S/C23H40N6O/c1-3-24-23(25-9-12-28-15-17-30-18-16-28)26-19-21-5-7-22(8-6-21)20-29-11-4-10-27(2)13-14-29/h5-8H,3-4,9-20H2,1-2H3,(H2,24,25,26). The molecule has 0 bridgehead atoms. The predicted molar refractivity (Wildman–Crippen MR) is 124 cm³/mol. The monoisotopic (exact) mass is 416 g/mol. The van der Waals surface area contributed by atoms with Crippen LogP contribution in [0.15, 0.2) is 29.3 Å². The molecule has 2 N–H and O–H groups in total. The van der Waals surface area contributed by atoms with Crippen LogP contribution in [-0.2, 0) is 17.8 Å². The molecule has 2 aliphatic heterocycles. The smallest absolute Gasteiger partial charge is 0.191 e. The van der Waals surface area contributed by atoms with Gasteiger partial charge in [-0.1, -0.05) is 24.3 Å². The van der Waals surface area contributed by atoms with Gasteiger partial charge in [0.1, 0.15) is 0 Å². The summed E-state index contributed by atoms with van der Waals surface area (Å²) in [4.78, 5) is 12.2. The van der Waals surface area contributed by atoms with E-state index in [0.717, 1.165) is 65.0 Å². The van der Waals surface area contributed by atoms with Crippen LogP contribution in [0.5, 0.6) is 0 Å². The van der Waals surface area contributed by atoms with Gasteiger partial charge < -0.3 is 20.3 Å². The average Bonchev–Trinajstić information content (AvgIpc) is 2.98. The first-order chi connectivity index (χ1) is 14.7. The number of hydrogen-bond acceptors (Lipinski definition) is 5. The maximum Gasteiger partial charge on any atom is 0.191 e. The number of nitrogens with one attached hydrogen (secondary N) is 2. The summed E-state index contributed by atoms with van der Waals surface area (Å²) >= 11 is 0. The molecule has 30 heavy (non-hydrogen) atoms. The fourth-order valence-corrected chi connectivity index (χ4v) is 3.94. The van der Waals surface area contributed by atoms with Crippen molar-refractivity contribution in [3.8, 4) is 0 Å². The number of nitrogens with zero attached hydrogens (tertiary/aromatic N) is 4. The van der Waals surface area contributed by atoms with E-state index >= 15 is 0 Å². The van der Waals surface area contributed by atoms with Gasteiger partial charge in [0.2, 0.25) is 0 Å². The lowest BCUT2D eigenvalue weighted by molar-refractivity contribution is 0.0389. The molecule has 7 nitrogen and oxygen atoms in total. The van der Waals surface area contributed by atoms with Crippen LogP contribution in [0.4, 0.5) is 0 Å². The molecule has 168 valence electrons. The largest absolute Gasteiger partial charge is 0.379 e. The SMILES string of the molecule is CCNC(=NCc1ccc(CN2CCCN(C)CC2)cc1)NCCN1CCOCC1.